The van der Waals surface area contributed by atoms with Crippen LogP contribution in [0.2, 0.25) is 0 Å². The maximum atomic E-state index is 13.6. The van der Waals surface area contributed by atoms with Gasteiger partial charge in [0.1, 0.15) is 12.6 Å². The number of carbonyl (C=O) groups is 2. The molecule has 3 aliphatic rings. The summed E-state index contributed by atoms with van der Waals surface area (Å²) in [5.74, 6) is -0.299. The average Bonchev–Trinajstić information content (AvgIpc) is 3.25. The third kappa shape index (κ3) is 3.59. The molecule has 2 amide bonds. The molecule has 2 aromatic rings. The minimum absolute atomic E-state index is 0.110. The zero-order valence-corrected chi connectivity index (χ0v) is 19.7. The van der Waals surface area contributed by atoms with E-state index in [1.165, 1.54) is 19.0 Å². The molecule has 2 aromatic carbocycles. The molecule has 0 aliphatic carbocycles. The van der Waals surface area contributed by atoms with E-state index in [1.54, 1.807) is 23.1 Å². The summed E-state index contributed by atoms with van der Waals surface area (Å²) >= 11 is 0. The predicted octanol–water partition coefficient (Wildman–Crippen LogP) is 2.23. The molecule has 1 saturated heterocycles. The van der Waals surface area contributed by atoms with E-state index in [-0.39, 0.29) is 29.3 Å². The molecule has 3 heterocycles. The molecule has 0 bridgehead atoms. The van der Waals surface area contributed by atoms with Crippen molar-refractivity contribution < 1.29 is 18.0 Å². The van der Waals surface area contributed by atoms with E-state index in [0.717, 1.165) is 53.5 Å². The molecule has 0 spiro atoms. The van der Waals surface area contributed by atoms with Gasteiger partial charge < -0.3 is 9.80 Å². The van der Waals surface area contributed by atoms with Crippen molar-refractivity contribution in [2.75, 3.05) is 48.4 Å². The Morgan fingerprint density at radius 1 is 1.03 bits per heavy atom. The first kappa shape index (κ1) is 21.9. The highest BCUT2D eigenvalue weighted by atomic mass is 32.2. The minimum Gasteiger partial charge on any atom is -0.358 e. The van der Waals surface area contributed by atoms with Gasteiger partial charge >= 0.3 is 0 Å². The number of carbonyl (C=O) groups excluding carboxylic acids is 2. The molecule has 8 nitrogen and oxygen atoms in total. The van der Waals surface area contributed by atoms with Crippen molar-refractivity contribution in [3.05, 3.63) is 48.0 Å². The zero-order valence-electron chi connectivity index (χ0n) is 18.9. The smallest absolute Gasteiger partial charge is 0.250 e. The van der Waals surface area contributed by atoms with Crippen molar-refractivity contribution in [1.82, 2.24) is 4.31 Å². The van der Waals surface area contributed by atoms with Crippen LogP contribution in [-0.2, 0) is 26.0 Å². The molecule has 1 unspecified atom stereocenters. The number of hydrogen-bond donors (Lipinski definition) is 0. The molecule has 5 rings (SSSR count). The van der Waals surface area contributed by atoms with Crippen molar-refractivity contribution in [3.8, 4) is 0 Å². The summed E-state index contributed by atoms with van der Waals surface area (Å²) in [7, 11) is -0.725. The number of amides is 2. The van der Waals surface area contributed by atoms with E-state index < -0.39 is 10.0 Å². The normalized spacial score (nSPS) is 20.0. The maximum absolute atomic E-state index is 13.6. The van der Waals surface area contributed by atoms with Gasteiger partial charge in [-0.15, -0.1) is 0 Å². The molecule has 0 saturated carbocycles. The van der Waals surface area contributed by atoms with Crippen LogP contribution in [0.4, 0.5) is 17.1 Å². The van der Waals surface area contributed by atoms with Crippen molar-refractivity contribution in [2.45, 2.75) is 36.6 Å². The Hall–Kier alpha value is -2.91. The summed E-state index contributed by atoms with van der Waals surface area (Å²) in [5, 5.41) is 0. The van der Waals surface area contributed by atoms with Crippen molar-refractivity contribution in [1.29, 1.82) is 0 Å². The van der Waals surface area contributed by atoms with Gasteiger partial charge in [-0.2, -0.15) is 0 Å². The molecule has 174 valence electrons. The topological polar surface area (TPSA) is 81.2 Å². The molecule has 1 fully saturated rings. The van der Waals surface area contributed by atoms with E-state index in [0.29, 0.717) is 12.2 Å². The molecule has 0 aromatic heterocycles. The second-order valence-electron chi connectivity index (χ2n) is 8.99. The van der Waals surface area contributed by atoms with Gasteiger partial charge in [0, 0.05) is 32.9 Å². The van der Waals surface area contributed by atoms with Gasteiger partial charge in [0.05, 0.1) is 16.3 Å². The van der Waals surface area contributed by atoms with Crippen LogP contribution in [0.15, 0.2) is 47.4 Å². The number of rotatable bonds is 4. The third-order valence-electron chi connectivity index (χ3n) is 6.86. The van der Waals surface area contributed by atoms with Crippen LogP contribution in [-0.4, -0.2) is 64.3 Å². The lowest BCUT2D eigenvalue weighted by molar-refractivity contribution is -0.123. The minimum atomic E-state index is -3.68. The number of para-hydroxylation sites is 1. The third-order valence-corrected chi connectivity index (χ3v) is 8.67. The van der Waals surface area contributed by atoms with Crippen LogP contribution in [0.1, 0.15) is 24.8 Å². The highest BCUT2D eigenvalue weighted by Gasteiger charge is 2.41. The number of fused-ring (bicyclic) bond motifs is 4. The Morgan fingerprint density at radius 2 is 1.82 bits per heavy atom. The summed E-state index contributed by atoms with van der Waals surface area (Å²) in [6, 6.07) is 12.4. The molecular weight excluding hydrogens is 440 g/mol. The van der Waals surface area contributed by atoms with Gasteiger partial charge in [-0.05, 0) is 55.5 Å². The monoisotopic (exact) mass is 468 g/mol. The van der Waals surface area contributed by atoms with Crippen LogP contribution in [0.25, 0.3) is 0 Å². The van der Waals surface area contributed by atoms with Crippen molar-refractivity contribution in [2.24, 2.45) is 0 Å². The Kier molecular flexibility index (Phi) is 5.41. The van der Waals surface area contributed by atoms with Gasteiger partial charge in [-0.1, -0.05) is 18.2 Å². The Balaban J connectivity index is 1.54. The zero-order chi connectivity index (χ0) is 23.3. The fourth-order valence-corrected chi connectivity index (χ4v) is 6.01. The number of hydrogen-bond acceptors (Lipinski definition) is 5. The Labute approximate surface area is 194 Å². The molecular formula is C24H28N4O4S. The first-order valence-electron chi connectivity index (χ1n) is 11.3. The summed E-state index contributed by atoms with van der Waals surface area (Å²) in [6.07, 6.45) is 3.45. The SMILES string of the molecule is CN(C)S(=O)(=O)c1ccc2c(c1)N(CC(=O)N1CCc3ccccc31)C(=O)C1CCCCN21. The molecule has 1 atom stereocenters. The quantitative estimate of drug-likeness (QED) is 0.688. The number of benzene rings is 2. The van der Waals surface area contributed by atoms with Gasteiger partial charge in [0.25, 0.3) is 0 Å². The second-order valence-corrected chi connectivity index (χ2v) is 11.1. The van der Waals surface area contributed by atoms with Gasteiger partial charge in [-0.3, -0.25) is 14.5 Å². The number of nitrogens with zero attached hydrogens (tertiary/aromatic N) is 4. The highest BCUT2D eigenvalue weighted by Crippen LogP contribution is 2.41. The molecule has 3 aliphatic heterocycles. The average molecular weight is 469 g/mol. The highest BCUT2D eigenvalue weighted by molar-refractivity contribution is 7.89. The van der Waals surface area contributed by atoms with Crippen molar-refractivity contribution in [3.63, 3.8) is 0 Å². The van der Waals surface area contributed by atoms with Crippen LogP contribution in [0.5, 0.6) is 0 Å². The van der Waals surface area contributed by atoms with E-state index in [1.807, 2.05) is 24.3 Å². The molecule has 9 heteroatoms. The first-order chi connectivity index (χ1) is 15.8. The standard InChI is InChI=1S/C24H28N4O4S/c1-25(2)33(31,32)18-10-11-20-22(15-18)28(24(30)21-9-5-6-13-26(20)21)16-23(29)27-14-12-17-7-3-4-8-19(17)27/h3-4,7-8,10-11,15,21H,5-6,9,12-14,16H2,1-2H3. The molecule has 33 heavy (non-hydrogen) atoms. The van der Waals surface area contributed by atoms with Gasteiger partial charge in [0.15, 0.2) is 0 Å². The Morgan fingerprint density at radius 3 is 2.61 bits per heavy atom. The van der Waals surface area contributed by atoms with Crippen molar-refractivity contribution >= 4 is 38.9 Å². The van der Waals surface area contributed by atoms with Crippen LogP contribution in [0, 0.1) is 0 Å². The summed E-state index contributed by atoms with van der Waals surface area (Å²) in [5.41, 5.74) is 3.30. The van der Waals surface area contributed by atoms with E-state index >= 15 is 0 Å². The van der Waals surface area contributed by atoms with E-state index in [4.69, 9.17) is 0 Å². The summed E-state index contributed by atoms with van der Waals surface area (Å²) < 4.78 is 26.7. The fourth-order valence-electron chi connectivity index (χ4n) is 5.09. The fraction of sp³-hybridized carbons (Fsp3) is 0.417. The lowest BCUT2D eigenvalue weighted by atomic mass is 9.96. The molecule has 0 radical (unpaired) electrons. The lowest BCUT2D eigenvalue weighted by Crippen LogP contribution is -2.57. The number of anilines is 3. The van der Waals surface area contributed by atoms with Crippen LogP contribution < -0.4 is 14.7 Å². The Bertz CT molecular complexity index is 1230. The van der Waals surface area contributed by atoms with E-state index in [9.17, 15) is 18.0 Å². The maximum Gasteiger partial charge on any atom is 0.250 e. The van der Waals surface area contributed by atoms with E-state index in [2.05, 4.69) is 4.90 Å². The largest absolute Gasteiger partial charge is 0.358 e. The predicted molar refractivity (Wildman–Crippen MR) is 127 cm³/mol. The first-order valence-corrected chi connectivity index (χ1v) is 12.8. The summed E-state index contributed by atoms with van der Waals surface area (Å²) in [6.45, 7) is 1.21. The van der Waals surface area contributed by atoms with Crippen LogP contribution >= 0.6 is 0 Å². The summed E-state index contributed by atoms with van der Waals surface area (Å²) in [4.78, 5) is 32.4. The lowest BCUT2D eigenvalue weighted by Gasteiger charge is -2.45. The van der Waals surface area contributed by atoms with Crippen LogP contribution in [0.3, 0.4) is 0 Å². The second kappa shape index (κ2) is 8.14. The molecule has 0 N–H and O–H groups in total. The van der Waals surface area contributed by atoms with Gasteiger partial charge in [-0.25, -0.2) is 12.7 Å². The van der Waals surface area contributed by atoms with Gasteiger partial charge in [0.2, 0.25) is 21.8 Å². The number of sulfonamides is 1. The number of piperidine rings is 1.